The molecule has 3 aromatic rings. The van der Waals surface area contributed by atoms with E-state index in [2.05, 4.69) is 63.4 Å². The predicted molar refractivity (Wildman–Crippen MR) is 185 cm³/mol. The van der Waals surface area contributed by atoms with Crippen LogP contribution in [0.1, 0.15) is 63.9 Å². The van der Waals surface area contributed by atoms with Crippen LogP contribution in [0, 0.1) is 11.8 Å². The summed E-state index contributed by atoms with van der Waals surface area (Å²) >= 11 is 0. The first-order chi connectivity index (χ1) is 22.7. The maximum Gasteiger partial charge on any atom is 0.341 e. The molecule has 0 amide bonds. The lowest BCUT2D eigenvalue weighted by Crippen LogP contribution is -2.16. The zero-order valence-electron chi connectivity index (χ0n) is 28.0. The largest absolute Gasteiger partial charge is 0.490 e. The fraction of sp³-hybridized carbons (Fsp3) is 0.400. The average molecular weight is 641 g/mol. The summed E-state index contributed by atoms with van der Waals surface area (Å²) in [6.45, 7) is 11.8. The maximum atomic E-state index is 12.1. The minimum Gasteiger partial charge on any atom is -0.490 e. The van der Waals surface area contributed by atoms with Crippen molar-refractivity contribution in [3.63, 3.8) is 0 Å². The average Bonchev–Trinajstić information content (AvgIpc) is 3.09. The monoisotopic (exact) mass is 640 g/mol. The first-order valence-electron chi connectivity index (χ1n) is 16.5. The number of rotatable bonds is 16. The van der Waals surface area contributed by atoms with E-state index in [4.69, 9.17) is 24.1 Å². The molecule has 47 heavy (non-hydrogen) atoms. The molecule has 1 aliphatic carbocycles. The molecule has 3 aromatic carbocycles. The Labute approximate surface area is 279 Å². The number of ether oxygens (including phenoxy) is 4. The van der Waals surface area contributed by atoms with Crippen molar-refractivity contribution >= 4 is 11.9 Å². The van der Waals surface area contributed by atoms with Gasteiger partial charge in [0.15, 0.2) is 0 Å². The Kier molecular flexibility index (Phi) is 13.4. The molecule has 0 spiro atoms. The van der Waals surface area contributed by atoms with Crippen LogP contribution in [-0.2, 0) is 19.1 Å². The van der Waals surface area contributed by atoms with E-state index in [1.54, 1.807) is 12.1 Å². The third kappa shape index (κ3) is 10.4. The van der Waals surface area contributed by atoms with Gasteiger partial charge >= 0.3 is 11.9 Å². The van der Waals surface area contributed by atoms with Gasteiger partial charge in [-0.3, -0.25) is 0 Å². The Morgan fingerprint density at radius 3 is 2.04 bits per heavy atom. The van der Waals surface area contributed by atoms with Crippen LogP contribution in [0.15, 0.2) is 91.0 Å². The minimum atomic E-state index is -0.617. The van der Waals surface area contributed by atoms with Gasteiger partial charge in [0.2, 0.25) is 0 Å². The van der Waals surface area contributed by atoms with Crippen molar-refractivity contribution in [2.24, 2.45) is 11.8 Å². The third-order valence-corrected chi connectivity index (χ3v) is 8.73. The molecule has 1 aliphatic rings. The van der Waals surface area contributed by atoms with Gasteiger partial charge in [-0.1, -0.05) is 82.3 Å². The number of aliphatic hydroxyl groups excluding tert-OH is 1. The highest BCUT2D eigenvalue weighted by Crippen LogP contribution is 2.43. The quantitative estimate of drug-likeness (QED) is 0.0729. The van der Waals surface area contributed by atoms with Gasteiger partial charge in [0, 0.05) is 7.11 Å². The SMILES string of the molecule is C=C(CO)C(=O)OCCOc1ccc(-c2ccc(-c3ccc(OC(=O)C(=C)COC)cc3)cc2)c(C2CCC(CCC(C)C)CC2)c1. The van der Waals surface area contributed by atoms with Gasteiger partial charge in [-0.15, -0.1) is 0 Å². The maximum absolute atomic E-state index is 12.1. The highest BCUT2D eigenvalue weighted by Gasteiger charge is 2.25. The molecule has 0 radical (unpaired) electrons. The van der Waals surface area contributed by atoms with Crippen molar-refractivity contribution in [3.05, 3.63) is 96.6 Å². The fourth-order valence-corrected chi connectivity index (χ4v) is 5.99. The smallest absolute Gasteiger partial charge is 0.341 e. The highest BCUT2D eigenvalue weighted by molar-refractivity contribution is 5.90. The molecule has 7 heteroatoms. The lowest BCUT2D eigenvalue weighted by atomic mass is 9.75. The summed E-state index contributed by atoms with van der Waals surface area (Å²) < 4.78 is 21.5. The van der Waals surface area contributed by atoms with Gasteiger partial charge in [-0.25, -0.2) is 9.59 Å². The van der Waals surface area contributed by atoms with Crippen molar-refractivity contribution in [1.82, 2.24) is 0 Å². The Morgan fingerprint density at radius 2 is 1.43 bits per heavy atom. The summed E-state index contributed by atoms with van der Waals surface area (Å²) in [6.07, 6.45) is 7.34. The molecule has 0 heterocycles. The van der Waals surface area contributed by atoms with E-state index in [-0.39, 0.29) is 31.0 Å². The van der Waals surface area contributed by atoms with Crippen LogP contribution in [0.3, 0.4) is 0 Å². The first kappa shape index (κ1) is 35.7. The van der Waals surface area contributed by atoms with E-state index in [1.165, 1.54) is 43.9 Å². The van der Waals surface area contributed by atoms with Crippen LogP contribution in [0.5, 0.6) is 11.5 Å². The molecule has 0 unspecified atom stereocenters. The van der Waals surface area contributed by atoms with Gasteiger partial charge in [-0.05, 0) is 95.5 Å². The fourth-order valence-electron chi connectivity index (χ4n) is 5.99. The van der Waals surface area contributed by atoms with Crippen molar-refractivity contribution in [3.8, 4) is 33.8 Å². The number of esters is 2. The Hall–Kier alpha value is -4.20. The van der Waals surface area contributed by atoms with Crippen LogP contribution in [0.2, 0.25) is 0 Å². The number of aliphatic hydroxyl groups is 1. The number of carbonyl (C=O) groups is 2. The number of hydrogen-bond acceptors (Lipinski definition) is 7. The molecule has 0 aliphatic heterocycles. The van der Waals surface area contributed by atoms with Gasteiger partial charge in [0.25, 0.3) is 0 Å². The van der Waals surface area contributed by atoms with Crippen molar-refractivity contribution in [2.75, 3.05) is 33.5 Å². The molecule has 0 saturated heterocycles. The van der Waals surface area contributed by atoms with Crippen LogP contribution < -0.4 is 9.47 Å². The summed E-state index contributed by atoms with van der Waals surface area (Å²) in [7, 11) is 1.51. The van der Waals surface area contributed by atoms with E-state index in [0.29, 0.717) is 11.7 Å². The van der Waals surface area contributed by atoms with Crippen LogP contribution in [-0.4, -0.2) is 50.6 Å². The normalized spacial score (nSPS) is 16.0. The molecule has 7 nitrogen and oxygen atoms in total. The molecule has 0 aromatic heterocycles. The first-order valence-corrected chi connectivity index (χ1v) is 16.5. The summed E-state index contributed by atoms with van der Waals surface area (Å²) in [6, 6.07) is 22.2. The van der Waals surface area contributed by atoms with Gasteiger partial charge in [0.05, 0.1) is 24.4 Å². The summed E-state index contributed by atoms with van der Waals surface area (Å²) in [5, 5.41) is 9.07. The highest BCUT2D eigenvalue weighted by atomic mass is 16.6. The Balaban J connectivity index is 1.49. The van der Waals surface area contributed by atoms with E-state index < -0.39 is 18.5 Å². The van der Waals surface area contributed by atoms with Crippen LogP contribution in [0.4, 0.5) is 0 Å². The van der Waals surface area contributed by atoms with E-state index in [1.807, 2.05) is 18.2 Å². The van der Waals surface area contributed by atoms with Gasteiger partial charge in [0.1, 0.15) is 24.7 Å². The molecule has 0 bridgehead atoms. The second kappa shape index (κ2) is 17.6. The van der Waals surface area contributed by atoms with Crippen molar-refractivity contribution < 1.29 is 33.6 Å². The zero-order chi connectivity index (χ0) is 33.8. The van der Waals surface area contributed by atoms with E-state index >= 15 is 0 Å². The molecule has 250 valence electrons. The third-order valence-electron chi connectivity index (χ3n) is 8.73. The Bertz CT molecular complexity index is 1500. The second-order valence-electron chi connectivity index (χ2n) is 12.7. The molecule has 0 atom stereocenters. The van der Waals surface area contributed by atoms with E-state index in [9.17, 15) is 9.59 Å². The summed E-state index contributed by atoms with van der Waals surface area (Å²) in [5.74, 6) is 2.03. The van der Waals surface area contributed by atoms with E-state index in [0.717, 1.165) is 47.1 Å². The molecular formula is C40H48O7. The number of benzene rings is 3. The molecular weight excluding hydrogens is 592 g/mol. The predicted octanol–water partition coefficient (Wildman–Crippen LogP) is 8.31. The van der Waals surface area contributed by atoms with Gasteiger partial charge < -0.3 is 24.1 Å². The topological polar surface area (TPSA) is 91.3 Å². The number of methoxy groups -OCH3 is 1. The number of carbonyl (C=O) groups excluding carboxylic acids is 2. The molecule has 1 N–H and O–H groups in total. The molecule has 4 rings (SSSR count). The van der Waals surface area contributed by atoms with Crippen LogP contribution >= 0.6 is 0 Å². The lowest BCUT2D eigenvalue weighted by molar-refractivity contribution is -0.140. The minimum absolute atomic E-state index is 0.0227. The number of hydrogen-bond donors (Lipinski definition) is 1. The van der Waals surface area contributed by atoms with Crippen LogP contribution in [0.25, 0.3) is 22.3 Å². The van der Waals surface area contributed by atoms with Crippen molar-refractivity contribution in [2.45, 2.75) is 58.3 Å². The molecule has 1 fully saturated rings. The van der Waals surface area contributed by atoms with Crippen molar-refractivity contribution in [1.29, 1.82) is 0 Å². The van der Waals surface area contributed by atoms with Gasteiger partial charge in [-0.2, -0.15) is 0 Å². The molecule has 1 saturated carbocycles. The second-order valence-corrected chi connectivity index (χ2v) is 12.7. The zero-order valence-corrected chi connectivity index (χ0v) is 28.0. The summed E-state index contributed by atoms with van der Waals surface area (Å²) in [4.78, 5) is 24.0. The lowest BCUT2D eigenvalue weighted by Gasteiger charge is -2.31. The Morgan fingerprint density at radius 1 is 0.809 bits per heavy atom. The summed E-state index contributed by atoms with van der Waals surface area (Å²) in [5.41, 5.74) is 5.96. The standard InChI is InChI=1S/C40H48O7/c1-27(2)6-7-30-8-10-34(11-9-30)38-24-36(45-22-23-46-39(42)28(3)25-41)20-21-37(38)33-14-12-31(13-15-33)32-16-18-35(19-17-32)47-40(43)29(4)26-44-5/h12-21,24,27,30,34,41H,3-4,6-11,22-23,25-26H2,1-2,5H3.